The first-order valence-corrected chi connectivity index (χ1v) is 10.3. The van der Waals surface area contributed by atoms with E-state index >= 15 is 0 Å². The van der Waals surface area contributed by atoms with Gasteiger partial charge in [-0.25, -0.2) is 4.98 Å². The molecule has 0 bridgehead atoms. The molecule has 6 nitrogen and oxygen atoms in total. The van der Waals surface area contributed by atoms with E-state index in [0.29, 0.717) is 46.3 Å². The van der Waals surface area contributed by atoms with E-state index in [1.165, 1.54) is 0 Å². The Labute approximate surface area is 186 Å². The Morgan fingerprint density at radius 1 is 0.906 bits per heavy atom. The van der Waals surface area contributed by atoms with Crippen molar-refractivity contribution in [1.82, 2.24) is 4.98 Å². The van der Waals surface area contributed by atoms with Crippen LogP contribution in [0.5, 0.6) is 17.2 Å². The molecule has 0 aliphatic heterocycles. The number of hydrogen-bond acceptors (Lipinski definition) is 5. The van der Waals surface area contributed by atoms with Crippen LogP contribution in [-0.4, -0.2) is 31.7 Å². The highest BCUT2D eigenvalue weighted by Crippen LogP contribution is 2.34. The van der Waals surface area contributed by atoms with Crippen LogP contribution < -0.4 is 19.5 Å². The minimum absolute atomic E-state index is 0.246. The normalized spacial score (nSPS) is 10.6. The van der Waals surface area contributed by atoms with Crippen molar-refractivity contribution < 1.29 is 19.0 Å². The minimum Gasteiger partial charge on any atom is -0.497 e. The van der Waals surface area contributed by atoms with Gasteiger partial charge in [0.25, 0.3) is 5.91 Å². The van der Waals surface area contributed by atoms with Crippen molar-refractivity contribution in [2.75, 3.05) is 26.1 Å². The maximum absolute atomic E-state index is 13.4. The first kappa shape index (κ1) is 21.2. The van der Waals surface area contributed by atoms with E-state index in [1.807, 2.05) is 67.6 Å². The number of anilines is 1. The fourth-order valence-electron chi connectivity index (χ4n) is 3.55. The number of methoxy groups -OCH3 is 2. The van der Waals surface area contributed by atoms with Gasteiger partial charge in [-0.1, -0.05) is 30.3 Å². The monoisotopic (exact) mass is 428 g/mol. The Morgan fingerprint density at radius 2 is 1.69 bits per heavy atom. The second kappa shape index (κ2) is 9.39. The Hall–Kier alpha value is -4.06. The molecule has 0 aliphatic carbocycles. The lowest BCUT2D eigenvalue weighted by Gasteiger charge is -2.14. The van der Waals surface area contributed by atoms with Gasteiger partial charge in [-0.2, -0.15) is 0 Å². The summed E-state index contributed by atoms with van der Waals surface area (Å²) in [4.78, 5) is 18.2. The van der Waals surface area contributed by atoms with E-state index < -0.39 is 0 Å². The van der Waals surface area contributed by atoms with E-state index in [-0.39, 0.29) is 5.91 Å². The molecule has 1 N–H and O–H groups in total. The topological polar surface area (TPSA) is 69.7 Å². The van der Waals surface area contributed by atoms with Crippen molar-refractivity contribution in [2.45, 2.75) is 6.92 Å². The second-order valence-corrected chi connectivity index (χ2v) is 7.02. The summed E-state index contributed by atoms with van der Waals surface area (Å²) >= 11 is 0. The number of carbonyl (C=O) groups is 1. The fourth-order valence-corrected chi connectivity index (χ4v) is 3.55. The molecule has 0 radical (unpaired) electrons. The molecule has 0 aliphatic rings. The molecule has 1 heterocycles. The predicted molar refractivity (Wildman–Crippen MR) is 126 cm³/mol. The smallest absolute Gasteiger partial charge is 0.256 e. The van der Waals surface area contributed by atoms with Crippen LogP contribution >= 0.6 is 0 Å². The number of rotatable bonds is 7. The second-order valence-electron chi connectivity index (χ2n) is 7.02. The standard InChI is InChI=1S/C26H24N2O4/c1-4-32-24-12-8-7-11-22(24)28-26(29)20-16-23(27-21-10-6-5-9-18(20)21)19-14-13-17(30-2)15-25(19)31-3/h5-16H,4H2,1-3H3,(H,28,29). The Bertz CT molecular complexity index is 1270. The number of fused-ring (bicyclic) bond motifs is 1. The Kier molecular flexibility index (Phi) is 6.22. The zero-order valence-corrected chi connectivity index (χ0v) is 18.2. The van der Waals surface area contributed by atoms with Gasteiger partial charge in [0.05, 0.1) is 43.3 Å². The molecule has 0 fully saturated rings. The maximum atomic E-state index is 13.4. The minimum atomic E-state index is -0.246. The molecule has 0 atom stereocenters. The number of hydrogen-bond donors (Lipinski definition) is 1. The van der Waals surface area contributed by atoms with E-state index in [9.17, 15) is 4.79 Å². The van der Waals surface area contributed by atoms with Gasteiger partial charge in [-0.15, -0.1) is 0 Å². The molecule has 162 valence electrons. The van der Waals surface area contributed by atoms with Crippen molar-refractivity contribution in [2.24, 2.45) is 0 Å². The highest BCUT2D eigenvalue weighted by atomic mass is 16.5. The first-order chi connectivity index (χ1) is 15.6. The summed E-state index contributed by atoms with van der Waals surface area (Å²) in [5, 5.41) is 3.75. The number of pyridine rings is 1. The zero-order chi connectivity index (χ0) is 22.5. The number of benzene rings is 3. The molecule has 0 saturated carbocycles. The average Bonchev–Trinajstić information content (AvgIpc) is 2.84. The van der Waals surface area contributed by atoms with Crippen molar-refractivity contribution in [3.63, 3.8) is 0 Å². The molecule has 4 aromatic rings. The predicted octanol–water partition coefficient (Wildman–Crippen LogP) is 5.57. The van der Waals surface area contributed by atoms with E-state index in [2.05, 4.69) is 5.32 Å². The molecule has 1 amide bonds. The van der Waals surface area contributed by atoms with Gasteiger partial charge in [-0.05, 0) is 43.3 Å². The number of amides is 1. The number of nitrogens with zero attached hydrogens (tertiary/aromatic N) is 1. The van der Waals surface area contributed by atoms with Gasteiger partial charge in [0.2, 0.25) is 0 Å². The van der Waals surface area contributed by atoms with Crippen LogP contribution in [0.4, 0.5) is 5.69 Å². The van der Waals surface area contributed by atoms with Gasteiger partial charge in [0, 0.05) is 17.0 Å². The zero-order valence-electron chi connectivity index (χ0n) is 18.2. The number of ether oxygens (including phenoxy) is 3. The number of carbonyl (C=O) groups excluding carboxylic acids is 1. The van der Waals surface area contributed by atoms with Crippen LogP contribution in [0.25, 0.3) is 22.2 Å². The summed E-state index contributed by atoms with van der Waals surface area (Å²) in [7, 11) is 3.20. The number of para-hydroxylation sites is 3. The lowest BCUT2D eigenvalue weighted by atomic mass is 10.0. The highest BCUT2D eigenvalue weighted by molar-refractivity contribution is 6.13. The quantitative estimate of drug-likeness (QED) is 0.417. The summed E-state index contributed by atoms with van der Waals surface area (Å²) in [6, 6.07) is 22.2. The first-order valence-electron chi connectivity index (χ1n) is 10.3. The average molecular weight is 428 g/mol. The van der Waals surface area contributed by atoms with Crippen LogP contribution in [0.1, 0.15) is 17.3 Å². The molecule has 0 saturated heterocycles. The highest BCUT2D eigenvalue weighted by Gasteiger charge is 2.17. The SMILES string of the molecule is CCOc1ccccc1NC(=O)c1cc(-c2ccc(OC)cc2OC)nc2ccccc12. The van der Waals surface area contributed by atoms with Gasteiger partial charge >= 0.3 is 0 Å². The van der Waals surface area contributed by atoms with Gasteiger partial charge in [-0.3, -0.25) is 4.79 Å². The molecule has 0 spiro atoms. The van der Waals surface area contributed by atoms with Crippen molar-refractivity contribution in [1.29, 1.82) is 0 Å². The van der Waals surface area contributed by atoms with Crippen molar-refractivity contribution in [3.8, 4) is 28.5 Å². The van der Waals surface area contributed by atoms with Gasteiger partial charge in [0.1, 0.15) is 17.2 Å². The third-order valence-corrected chi connectivity index (χ3v) is 5.08. The molecule has 4 rings (SSSR count). The van der Waals surface area contributed by atoms with Gasteiger partial charge < -0.3 is 19.5 Å². The number of nitrogens with one attached hydrogen (secondary N) is 1. The summed E-state index contributed by atoms with van der Waals surface area (Å²) < 4.78 is 16.5. The molecule has 6 heteroatoms. The molecule has 1 aromatic heterocycles. The number of aromatic nitrogens is 1. The summed E-state index contributed by atoms with van der Waals surface area (Å²) in [6.07, 6.45) is 0. The van der Waals surface area contributed by atoms with Crippen molar-refractivity contribution in [3.05, 3.63) is 78.4 Å². The fraction of sp³-hybridized carbons (Fsp3) is 0.154. The van der Waals surface area contributed by atoms with E-state index in [0.717, 1.165) is 10.9 Å². The molecule has 3 aromatic carbocycles. The molecular formula is C26H24N2O4. The van der Waals surface area contributed by atoms with Crippen molar-refractivity contribution >= 4 is 22.5 Å². The van der Waals surface area contributed by atoms with Crippen LogP contribution in [0.3, 0.4) is 0 Å². The van der Waals surface area contributed by atoms with Gasteiger partial charge in [0.15, 0.2) is 0 Å². The molecule has 0 unspecified atom stereocenters. The van der Waals surface area contributed by atoms with E-state index in [4.69, 9.17) is 19.2 Å². The van der Waals surface area contributed by atoms with Crippen LogP contribution in [0.2, 0.25) is 0 Å². The van der Waals surface area contributed by atoms with Crippen LogP contribution in [0, 0.1) is 0 Å². The largest absolute Gasteiger partial charge is 0.497 e. The Morgan fingerprint density at radius 3 is 2.47 bits per heavy atom. The maximum Gasteiger partial charge on any atom is 0.256 e. The van der Waals surface area contributed by atoms with Crippen LogP contribution in [-0.2, 0) is 0 Å². The third kappa shape index (κ3) is 4.21. The summed E-state index contributed by atoms with van der Waals surface area (Å²) in [5.41, 5.74) is 3.24. The van der Waals surface area contributed by atoms with E-state index in [1.54, 1.807) is 26.4 Å². The Balaban J connectivity index is 1.81. The third-order valence-electron chi connectivity index (χ3n) is 5.08. The van der Waals surface area contributed by atoms with Crippen LogP contribution in [0.15, 0.2) is 72.8 Å². The summed E-state index contributed by atoms with van der Waals surface area (Å²) in [5.74, 6) is 1.67. The molecular weight excluding hydrogens is 404 g/mol. The lowest BCUT2D eigenvalue weighted by Crippen LogP contribution is -2.14. The lowest BCUT2D eigenvalue weighted by molar-refractivity contribution is 0.102. The summed E-state index contributed by atoms with van der Waals surface area (Å²) in [6.45, 7) is 2.41. The molecule has 32 heavy (non-hydrogen) atoms.